The molecule has 1 saturated heterocycles. The number of amides is 1. The van der Waals surface area contributed by atoms with Crippen molar-refractivity contribution in [3.05, 3.63) is 53.8 Å². The van der Waals surface area contributed by atoms with Gasteiger partial charge in [0.15, 0.2) is 0 Å². The molecule has 4 rings (SSSR count). The number of anilines is 1. The Morgan fingerprint density at radius 1 is 1.31 bits per heavy atom. The number of nitrogens with zero attached hydrogens (tertiary/aromatic N) is 3. The van der Waals surface area contributed by atoms with E-state index in [1.165, 1.54) is 0 Å². The third kappa shape index (κ3) is 3.15. The van der Waals surface area contributed by atoms with E-state index in [2.05, 4.69) is 20.7 Å². The van der Waals surface area contributed by atoms with Crippen LogP contribution in [0, 0.1) is 6.92 Å². The van der Waals surface area contributed by atoms with Gasteiger partial charge in [0.2, 0.25) is 0 Å². The van der Waals surface area contributed by atoms with Crippen molar-refractivity contribution >= 4 is 22.9 Å². The van der Waals surface area contributed by atoms with Crippen molar-refractivity contribution in [2.75, 3.05) is 18.4 Å². The Morgan fingerprint density at radius 3 is 2.85 bits per heavy atom. The topological polar surface area (TPSA) is 71.8 Å². The Hall–Kier alpha value is -2.51. The predicted molar refractivity (Wildman–Crippen MR) is 103 cm³/mol. The third-order valence-corrected chi connectivity index (χ3v) is 5.79. The fourth-order valence-corrected chi connectivity index (χ4v) is 4.18. The van der Waals surface area contributed by atoms with Crippen LogP contribution in [0.1, 0.15) is 18.5 Å². The highest BCUT2D eigenvalue weighted by molar-refractivity contribution is 7.13. The summed E-state index contributed by atoms with van der Waals surface area (Å²) in [6.07, 6.45) is 5.03. The number of aryl methyl sites for hydroxylation is 1. The summed E-state index contributed by atoms with van der Waals surface area (Å²) in [7, 11) is 0. The number of thiazole rings is 1. The van der Waals surface area contributed by atoms with Crippen LogP contribution in [0.4, 0.5) is 5.69 Å². The number of rotatable bonds is 4. The molecule has 1 fully saturated rings. The highest BCUT2D eigenvalue weighted by Gasteiger charge is 2.42. The first-order valence-corrected chi connectivity index (χ1v) is 9.60. The SMILES string of the molecule is Cc1csc(-c2cccc(NC(=O)C3(n4cccn4)CCNCC3)c2)n1. The predicted octanol–water partition coefficient (Wildman–Crippen LogP) is 3.03. The zero-order valence-electron chi connectivity index (χ0n) is 14.6. The Balaban J connectivity index is 1.61. The van der Waals surface area contributed by atoms with E-state index in [-0.39, 0.29) is 5.91 Å². The molecule has 26 heavy (non-hydrogen) atoms. The lowest BCUT2D eigenvalue weighted by Gasteiger charge is -2.36. The molecule has 0 bridgehead atoms. The fourth-order valence-electron chi connectivity index (χ4n) is 3.39. The van der Waals surface area contributed by atoms with Crippen LogP contribution in [-0.4, -0.2) is 33.8 Å². The minimum absolute atomic E-state index is 0.0184. The van der Waals surface area contributed by atoms with Gasteiger partial charge in [-0.05, 0) is 51.1 Å². The fraction of sp³-hybridized carbons (Fsp3) is 0.316. The molecule has 0 radical (unpaired) electrons. The van der Waals surface area contributed by atoms with Gasteiger partial charge >= 0.3 is 0 Å². The Kier molecular flexibility index (Phi) is 4.57. The van der Waals surface area contributed by atoms with E-state index in [0.29, 0.717) is 12.8 Å². The van der Waals surface area contributed by atoms with Crippen molar-refractivity contribution in [3.8, 4) is 10.6 Å². The molecule has 0 atom stereocenters. The third-order valence-electron chi connectivity index (χ3n) is 4.78. The normalized spacial score (nSPS) is 16.3. The number of hydrogen-bond donors (Lipinski definition) is 2. The standard InChI is InChI=1S/C19H21N5OS/c1-14-13-26-17(22-14)15-4-2-5-16(12-15)23-18(25)19(6-9-20-10-7-19)24-11-3-8-21-24/h2-5,8,11-13,20H,6-7,9-10H2,1H3,(H,23,25). The van der Waals surface area contributed by atoms with Crippen molar-refractivity contribution in [2.45, 2.75) is 25.3 Å². The Bertz CT molecular complexity index is 896. The van der Waals surface area contributed by atoms with E-state index in [0.717, 1.165) is 35.0 Å². The maximum atomic E-state index is 13.2. The molecule has 1 aliphatic heterocycles. The summed E-state index contributed by atoms with van der Waals surface area (Å²) in [6.45, 7) is 3.58. The van der Waals surface area contributed by atoms with Gasteiger partial charge in [-0.3, -0.25) is 9.48 Å². The number of hydrogen-bond acceptors (Lipinski definition) is 5. The highest BCUT2D eigenvalue weighted by Crippen LogP contribution is 2.30. The van der Waals surface area contributed by atoms with Gasteiger partial charge in [0.05, 0.1) is 0 Å². The van der Waals surface area contributed by atoms with Gasteiger partial charge in [-0.15, -0.1) is 11.3 Å². The first kappa shape index (κ1) is 16.9. The maximum absolute atomic E-state index is 13.2. The number of nitrogens with one attached hydrogen (secondary N) is 2. The lowest BCUT2D eigenvalue weighted by atomic mass is 9.87. The van der Waals surface area contributed by atoms with E-state index in [9.17, 15) is 4.79 Å². The number of carbonyl (C=O) groups is 1. The van der Waals surface area contributed by atoms with Gasteiger partial charge in [-0.1, -0.05) is 12.1 Å². The van der Waals surface area contributed by atoms with Crippen LogP contribution < -0.4 is 10.6 Å². The summed E-state index contributed by atoms with van der Waals surface area (Å²) in [5.41, 5.74) is 2.15. The molecule has 0 spiro atoms. The first-order valence-electron chi connectivity index (χ1n) is 8.72. The lowest BCUT2D eigenvalue weighted by molar-refractivity contribution is -0.126. The van der Waals surface area contributed by atoms with Crippen LogP contribution in [0.3, 0.4) is 0 Å². The molecule has 1 aromatic carbocycles. The number of carbonyl (C=O) groups excluding carboxylic acids is 1. The second-order valence-corrected chi connectivity index (χ2v) is 7.42. The second kappa shape index (κ2) is 7.01. The molecule has 7 heteroatoms. The van der Waals surface area contributed by atoms with Crippen LogP contribution in [-0.2, 0) is 10.3 Å². The van der Waals surface area contributed by atoms with Crippen LogP contribution in [0.25, 0.3) is 10.6 Å². The van der Waals surface area contributed by atoms with Crippen molar-refractivity contribution in [2.24, 2.45) is 0 Å². The van der Waals surface area contributed by atoms with Crippen molar-refractivity contribution < 1.29 is 4.79 Å². The second-order valence-electron chi connectivity index (χ2n) is 6.56. The van der Waals surface area contributed by atoms with Gasteiger partial charge in [0.25, 0.3) is 5.91 Å². The van der Waals surface area contributed by atoms with E-state index in [4.69, 9.17) is 0 Å². The highest BCUT2D eigenvalue weighted by atomic mass is 32.1. The first-order chi connectivity index (χ1) is 12.7. The van der Waals surface area contributed by atoms with E-state index >= 15 is 0 Å². The summed E-state index contributed by atoms with van der Waals surface area (Å²) < 4.78 is 1.80. The molecule has 3 heterocycles. The van der Waals surface area contributed by atoms with Gasteiger partial charge in [0, 0.05) is 34.7 Å². The largest absolute Gasteiger partial charge is 0.324 e. The number of piperidine rings is 1. The quantitative estimate of drug-likeness (QED) is 0.743. The molecular weight excluding hydrogens is 346 g/mol. The maximum Gasteiger partial charge on any atom is 0.252 e. The minimum atomic E-state index is -0.650. The van der Waals surface area contributed by atoms with Gasteiger partial charge in [0.1, 0.15) is 10.5 Å². The molecule has 2 aromatic heterocycles. The average molecular weight is 367 g/mol. The molecule has 134 valence electrons. The van der Waals surface area contributed by atoms with E-state index in [1.807, 2.05) is 48.8 Å². The van der Waals surface area contributed by atoms with Crippen LogP contribution in [0.15, 0.2) is 48.1 Å². The van der Waals surface area contributed by atoms with Crippen molar-refractivity contribution in [1.82, 2.24) is 20.1 Å². The zero-order chi connectivity index (χ0) is 18.0. The monoisotopic (exact) mass is 367 g/mol. The minimum Gasteiger partial charge on any atom is -0.324 e. The summed E-state index contributed by atoms with van der Waals surface area (Å²) in [6, 6.07) is 9.72. The molecule has 0 unspecified atom stereocenters. The van der Waals surface area contributed by atoms with E-state index < -0.39 is 5.54 Å². The molecular formula is C19H21N5OS. The summed E-state index contributed by atoms with van der Waals surface area (Å²) >= 11 is 1.61. The lowest BCUT2D eigenvalue weighted by Crippen LogP contribution is -2.52. The van der Waals surface area contributed by atoms with Crippen molar-refractivity contribution in [1.29, 1.82) is 0 Å². The molecule has 2 N–H and O–H groups in total. The molecule has 6 nitrogen and oxygen atoms in total. The smallest absolute Gasteiger partial charge is 0.252 e. The molecule has 0 saturated carbocycles. The summed E-state index contributed by atoms with van der Waals surface area (Å²) in [5, 5.41) is 13.8. The average Bonchev–Trinajstić information content (AvgIpc) is 3.34. The molecule has 1 aliphatic rings. The van der Waals surface area contributed by atoms with E-state index in [1.54, 1.807) is 22.2 Å². The zero-order valence-corrected chi connectivity index (χ0v) is 15.4. The van der Waals surface area contributed by atoms with Crippen molar-refractivity contribution in [3.63, 3.8) is 0 Å². The van der Waals surface area contributed by atoms with Crippen LogP contribution in [0.5, 0.6) is 0 Å². The van der Waals surface area contributed by atoms with Crippen LogP contribution >= 0.6 is 11.3 Å². The molecule has 1 amide bonds. The van der Waals surface area contributed by atoms with Gasteiger partial charge < -0.3 is 10.6 Å². The summed E-state index contributed by atoms with van der Waals surface area (Å²) in [5.74, 6) is -0.0184. The van der Waals surface area contributed by atoms with Crippen LogP contribution in [0.2, 0.25) is 0 Å². The van der Waals surface area contributed by atoms with Gasteiger partial charge in [-0.25, -0.2) is 4.98 Å². The Labute approximate surface area is 156 Å². The Morgan fingerprint density at radius 2 is 2.15 bits per heavy atom. The van der Waals surface area contributed by atoms with Gasteiger partial charge in [-0.2, -0.15) is 5.10 Å². The number of benzene rings is 1. The molecule has 3 aromatic rings. The summed E-state index contributed by atoms with van der Waals surface area (Å²) in [4.78, 5) is 17.8. The molecule has 0 aliphatic carbocycles. The number of aromatic nitrogens is 3.